The molecule has 3 heterocycles. The van der Waals surface area contributed by atoms with Gasteiger partial charge >= 0.3 is 0 Å². The number of aromatic nitrogens is 2. The van der Waals surface area contributed by atoms with Gasteiger partial charge in [-0.3, -0.25) is 19.7 Å². The molecule has 160 valence electrons. The number of benzene rings is 1. The Labute approximate surface area is 184 Å². The van der Waals surface area contributed by atoms with Crippen molar-refractivity contribution in [1.29, 1.82) is 0 Å². The van der Waals surface area contributed by atoms with Gasteiger partial charge in [0, 0.05) is 43.9 Å². The van der Waals surface area contributed by atoms with Crippen LogP contribution in [0.25, 0.3) is 11.1 Å². The van der Waals surface area contributed by atoms with Crippen LogP contribution in [-0.4, -0.2) is 39.9 Å². The monoisotopic (exact) mass is 414 g/mol. The van der Waals surface area contributed by atoms with Crippen LogP contribution in [0.2, 0.25) is 0 Å². The van der Waals surface area contributed by atoms with Crippen molar-refractivity contribution in [3.63, 3.8) is 0 Å². The zero-order chi connectivity index (χ0) is 21.7. The molecule has 2 aromatic heterocycles. The minimum absolute atomic E-state index is 0.130. The van der Waals surface area contributed by atoms with Gasteiger partial charge in [-0.2, -0.15) is 0 Å². The lowest BCUT2D eigenvalue weighted by Gasteiger charge is -2.30. The summed E-state index contributed by atoms with van der Waals surface area (Å²) in [5.74, 6) is 0.161. The van der Waals surface area contributed by atoms with Crippen LogP contribution in [0.4, 0.5) is 0 Å². The standard InChI is InChI=1S/C26H30N4O/c1-20(2)29-25(31)26(11-15-30(19-26)18-22-4-3-12-28-17-22)16-21-5-7-23(8-6-21)24-9-13-27-14-10-24/h3-10,12-14,17,20H,11,15-16,18-19H2,1-2H3,(H,29,31)/t26-/m1/s1. The smallest absolute Gasteiger partial charge is 0.228 e. The molecule has 1 aromatic carbocycles. The Kier molecular flexibility index (Phi) is 6.42. The molecule has 0 saturated carbocycles. The average molecular weight is 415 g/mol. The first-order valence-electron chi connectivity index (χ1n) is 11.0. The van der Waals surface area contributed by atoms with E-state index < -0.39 is 5.41 Å². The maximum atomic E-state index is 13.3. The second-order valence-electron chi connectivity index (χ2n) is 8.84. The van der Waals surface area contributed by atoms with Crippen molar-refractivity contribution in [2.75, 3.05) is 13.1 Å². The average Bonchev–Trinajstić information content (AvgIpc) is 3.19. The SMILES string of the molecule is CC(C)NC(=O)[C@@]1(Cc2ccc(-c3ccncc3)cc2)CCN(Cc2cccnc2)C1. The predicted molar refractivity (Wildman–Crippen MR) is 123 cm³/mol. The van der Waals surface area contributed by atoms with Crippen molar-refractivity contribution < 1.29 is 4.79 Å². The lowest BCUT2D eigenvalue weighted by Crippen LogP contribution is -2.46. The van der Waals surface area contributed by atoms with E-state index in [0.29, 0.717) is 0 Å². The fraction of sp³-hybridized carbons (Fsp3) is 0.346. The van der Waals surface area contributed by atoms with Crippen LogP contribution < -0.4 is 5.32 Å². The Morgan fingerprint density at radius 3 is 2.42 bits per heavy atom. The van der Waals surface area contributed by atoms with Gasteiger partial charge in [0.25, 0.3) is 0 Å². The van der Waals surface area contributed by atoms with Crippen molar-refractivity contribution >= 4 is 5.91 Å². The third kappa shape index (κ3) is 5.17. The van der Waals surface area contributed by atoms with Crippen LogP contribution in [0.5, 0.6) is 0 Å². The summed E-state index contributed by atoms with van der Waals surface area (Å²) >= 11 is 0. The van der Waals surface area contributed by atoms with Gasteiger partial charge in [-0.1, -0.05) is 30.3 Å². The minimum atomic E-state index is -0.412. The number of amides is 1. The molecule has 5 nitrogen and oxygen atoms in total. The number of rotatable bonds is 7. The Hall–Kier alpha value is -3.05. The minimum Gasteiger partial charge on any atom is -0.353 e. The van der Waals surface area contributed by atoms with E-state index >= 15 is 0 Å². The van der Waals surface area contributed by atoms with Crippen LogP contribution in [-0.2, 0) is 17.8 Å². The molecule has 5 heteroatoms. The number of pyridine rings is 2. The van der Waals surface area contributed by atoms with Gasteiger partial charge in [0.1, 0.15) is 0 Å². The molecule has 0 aliphatic carbocycles. The molecule has 3 aromatic rings. The molecule has 0 unspecified atom stereocenters. The Bertz CT molecular complexity index is 989. The van der Waals surface area contributed by atoms with Gasteiger partial charge in [-0.25, -0.2) is 0 Å². The number of hydrogen-bond donors (Lipinski definition) is 1. The molecule has 1 aliphatic heterocycles. The first-order chi connectivity index (χ1) is 15.0. The van der Waals surface area contributed by atoms with Gasteiger partial charge < -0.3 is 5.32 Å². The van der Waals surface area contributed by atoms with Crippen molar-refractivity contribution in [2.24, 2.45) is 5.41 Å². The number of nitrogens with one attached hydrogen (secondary N) is 1. The fourth-order valence-corrected chi connectivity index (χ4v) is 4.42. The Balaban J connectivity index is 1.52. The zero-order valence-corrected chi connectivity index (χ0v) is 18.3. The van der Waals surface area contributed by atoms with E-state index in [-0.39, 0.29) is 11.9 Å². The second-order valence-corrected chi connectivity index (χ2v) is 8.84. The van der Waals surface area contributed by atoms with Crippen LogP contribution in [0.1, 0.15) is 31.4 Å². The van der Waals surface area contributed by atoms with E-state index in [1.165, 1.54) is 11.1 Å². The Morgan fingerprint density at radius 1 is 1.00 bits per heavy atom. The van der Waals surface area contributed by atoms with Crippen molar-refractivity contribution in [3.8, 4) is 11.1 Å². The molecule has 1 fully saturated rings. The normalized spacial score (nSPS) is 18.9. The maximum absolute atomic E-state index is 13.3. The molecule has 1 atom stereocenters. The highest BCUT2D eigenvalue weighted by Crippen LogP contribution is 2.36. The van der Waals surface area contributed by atoms with Gasteiger partial charge in [-0.05, 0) is 73.7 Å². The number of carbonyl (C=O) groups excluding carboxylic acids is 1. The largest absolute Gasteiger partial charge is 0.353 e. The summed E-state index contributed by atoms with van der Waals surface area (Å²) in [5, 5.41) is 3.18. The van der Waals surface area contributed by atoms with Crippen LogP contribution in [0.3, 0.4) is 0 Å². The highest BCUT2D eigenvalue weighted by Gasteiger charge is 2.44. The molecule has 0 bridgehead atoms. The zero-order valence-electron chi connectivity index (χ0n) is 18.3. The highest BCUT2D eigenvalue weighted by molar-refractivity contribution is 5.84. The molecule has 1 saturated heterocycles. The Morgan fingerprint density at radius 2 is 1.74 bits per heavy atom. The van der Waals surface area contributed by atoms with Crippen molar-refractivity contribution in [3.05, 3.63) is 84.4 Å². The van der Waals surface area contributed by atoms with Crippen LogP contribution in [0, 0.1) is 5.41 Å². The molecular weight excluding hydrogens is 384 g/mol. The van der Waals surface area contributed by atoms with Crippen LogP contribution in [0.15, 0.2) is 73.3 Å². The summed E-state index contributed by atoms with van der Waals surface area (Å²) in [5.41, 5.74) is 4.28. The second kappa shape index (κ2) is 9.40. The summed E-state index contributed by atoms with van der Waals surface area (Å²) in [6, 6.07) is 16.8. The lowest BCUT2D eigenvalue weighted by molar-refractivity contribution is -0.131. The fourth-order valence-electron chi connectivity index (χ4n) is 4.42. The third-order valence-corrected chi connectivity index (χ3v) is 5.97. The summed E-state index contributed by atoms with van der Waals surface area (Å²) in [7, 11) is 0. The van der Waals surface area contributed by atoms with Gasteiger partial charge in [0.15, 0.2) is 0 Å². The van der Waals surface area contributed by atoms with E-state index in [4.69, 9.17) is 0 Å². The molecule has 0 radical (unpaired) electrons. The molecule has 31 heavy (non-hydrogen) atoms. The van der Waals surface area contributed by atoms with E-state index in [2.05, 4.69) is 50.5 Å². The summed E-state index contributed by atoms with van der Waals surface area (Å²) in [4.78, 5) is 24.0. The number of likely N-dealkylation sites (tertiary alicyclic amines) is 1. The number of hydrogen-bond acceptors (Lipinski definition) is 4. The first kappa shape index (κ1) is 21.2. The number of nitrogens with zero attached hydrogens (tertiary/aromatic N) is 3. The molecule has 1 amide bonds. The summed E-state index contributed by atoms with van der Waals surface area (Å²) in [6.07, 6.45) is 8.92. The third-order valence-electron chi connectivity index (χ3n) is 5.97. The van der Waals surface area contributed by atoms with E-state index in [9.17, 15) is 4.79 Å². The first-order valence-corrected chi connectivity index (χ1v) is 11.0. The highest BCUT2D eigenvalue weighted by atomic mass is 16.2. The molecule has 0 spiro atoms. The van der Waals surface area contributed by atoms with E-state index in [0.717, 1.165) is 43.6 Å². The van der Waals surface area contributed by atoms with Gasteiger partial charge in [0.2, 0.25) is 5.91 Å². The molecule has 1 aliphatic rings. The van der Waals surface area contributed by atoms with Crippen LogP contribution >= 0.6 is 0 Å². The topological polar surface area (TPSA) is 58.1 Å². The lowest BCUT2D eigenvalue weighted by atomic mass is 9.79. The molecular formula is C26H30N4O. The van der Waals surface area contributed by atoms with E-state index in [1.54, 1.807) is 6.20 Å². The van der Waals surface area contributed by atoms with Crippen molar-refractivity contribution in [1.82, 2.24) is 20.2 Å². The van der Waals surface area contributed by atoms with Crippen molar-refractivity contribution in [2.45, 2.75) is 39.3 Å². The number of carbonyl (C=O) groups is 1. The van der Waals surface area contributed by atoms with E-state index in [1.807, 2.05) is 50.6 Å². The van der Waals surface area contributed by atoms with Gasteiger partial charge in [0.05, 0.1) is 5.41 Å². The summed E-state index contributed by atoms with van der Waals surface area (Å²) < 4.78 is 0. The quantitative estimate of drug-likeness (QED) is 0.632. The van der Waals surface area contributed by atoms with Gasteiger partial charge in [-0.15, -0.1) is 0 Å². The molecule has 1 N–H and O–H groups in total. The predicted octanol–water partition coefficient (Wildman–Crippen LogP) is 4.10. The molecule has 4 rings (SSSR count). The maximum Gasteiger partial charge on any atom is 0.228 e. The summed E-state index contributed by atoms with van der Waals surface area (Å²) in [6.45, 7) is 6.54.